The topological polar surface area (TPSA) is 44.8 Å². The van der Waals surface area contributed by atoms with Crippen LogP contribution in [-0.4, -0.2) is 34.6 Å². The van der Waals surface area contributed by atoms with Crippen molar-refractivity contribution >= 4 is 20.4 Å². The predicted molar refractivity (Wildman–Crippen MR) is 96.1 cm³/mol. The second-order valence-electron chi connectivity index (χ2n) is 6.85. The average molecular weight is 337 g/mol. The van der Waals surface area contributed by atoms with Crippen LogP contribution in [0.4, 0.5) is 0 Å². The molecule has 0 spiro atoms. The first-order valence-electron chi connectivity index (χ1n) is 7.79. The largest absolute Gasteiger partial charge is 0.491 e. The van der Waals surface area contributed by atoms with Gasteiger partial charge in [-0.25, -0.2) is 4.79 Å². The summed E-state index contributed by atoms with van der Waals surface area (Å²) in [6.45, 7) is 12.1. The van der Waals surface area contributed by atoms with Gasteiger partial charge in [0.05, 0.1) is 13.7 Å². The van der Waals surface area contributed by atoms with Gasteiger partial charge < -0.3 is 13.9 Å². The Kier molecular flexibility index (Phi) is 7.03. The van der Waals surface area contributed by atoms with Gasteiger partial charge in [0.1, 0.15) is 12.4 Å². The lowest BCUT2D eigenvalue weighted by molar-refractivity contribution is -0.134. The van der Waals surface area contributed by atoms with Crippen molar-refractivity contribution in [2.75, 3.05) is 20.3 Å². The van der Waals surface area contributed by atoms with Crippen molar-refractivity contribution in [3.05, 3.63) is 35.9 Å². The van der Waals surface area contributed by atoms with Crippen molar-refractivity contribution in [3.63, 3.8) is 0 Å². The maximum atomic E-state index is 11.2. The van der Waals surface area contributed by atoms with Crippen molar-refractivity contribution in [3.8, 4) is 5.75 Å². The molecule has 0 aromatic heterocycles. The Bertz CT molecular complexity index is 544. The summed E-state index contributed by atoms with van der Waals surface area (Å²) in [6.07, 6.45) is 3.07. The highest BCUT2D eigenvalue weighted by atomic mass is 28.4. The maximum Gasteiger partial charge on any atom is 0.330 e. The maximum absolute atomic E-state index is 11.2. The third-order valence-corrected chi connectivity index (χ3v) is 8.67. The van der Waals surface area contributed by atoms with E-state index >= 15 is 0 Å². The molecule has 0 amide bonds. The van der Waals surface area contributed by atoms with E-state index in [0.717, 1.165) is 11.3 Å². The van der Waals surface area contributed by atoms with Crippen LogP contribution in [-0.2, 0) is 14.0 Å². The van der Waals surface area contributed by atoms with E-state index in [2.05, 4.69) is 38.6 Å². The van der Waals surface area contributed by atoms with E-state index in [0.29, 0.717) is 13.2 Å². The third kappa shape index (κ3) is 6.20. The molecule has 0 N–H and O–H groups in total. The Morgan fingerprint density at radius 2 is 1.83 bits per heavy atom. The van der Waals surface area contributed by atoms with E-state index in [1.165, 1.54) is 13.2 Å². The first kappa shape index (κ1) is 19.5. The van der Waals surface area contributed by atoms with Gasteiger partial charge >= 0.3 is 5.97 Å². The quantitative estimate of drug-likeness (QED) is 0.323. The molecule has 0 fully saturated rings. The second kappa shape index (κ2) is 8.31. The zero-order chi connectivity index (χ0) is 17.5. The lowest BCUT2D eigenvalue weighted by Crippen LogP contribution is -2.41. The van der Waals surface area contributed by atoms with Gasteiger partial charge in [0.25, 0.3) is 0 Å². The molecule has 23 heavy (non-hydrogen) atoms. The molecule has 4 nitrogen and oxygen atoms in total. The molecule has 0 saturated carbocycles. The Morgan fingerprint density at radius 3 is 2.43 bits per heavy atom. The van der Waals surface area contributed by atoms with Gasteiger partial charge in [-0.3, -0.25) is 0 Å². The summed E-state index contributed by atoms with van der Waals surface area (Å²) in [4.78, 5) is 11.2. The molecule has 128 valence electrons. The highest BCUT2D eigenvalue weighted by molar-refractivity contribution is 6.74. The number of ether oxygens (including phenoxy) is 2. The predicted octanol–water partition coefficient (Wildman–Crippen LogP) is 4.27. The number of hydrogen-bond acceptors (Lipinski definition) is 4. The van der Waals surface area contributed by atoms with Crippen LogP contribution >= 0.6 is 0 Å². The molecule has 0 radical (unpaired) electrons. The highest BCUT2D eigenvalue weighted by Gasteiger charge is 2.36. The van der Waals surface area contributed by atoms with Crippen LogP contribution in [0.3, 0.4) is 0 Å². The Balaban J connectivity index is 2.59. The fourth-order valence-corrected chi connectivity index (χ4v) is 2.67. The van der Waals surface area contributed by atoms with Gasteiger partial charge in [0.2, 0.25) is 0 Å². The summed E-state index contributed by atoms with van der Waals surface area (Å²) >= 11 is 0. The number of rotatable bonds is 7. The molecule has 0 atom stereocenters. The first-order chi connectivity index (χ1) is 10.7. The van der Waals surface area contributed by atoms with Crippen molar-refractivity contribution < 1.29 is 18.7 Å². The Labute approximate surface area is 140 Å². The number of para-hydroxylation sites is 1. The zero-order valence-corrected chi connectivity index (χ0v) is 16.0. The standard InChI is InChI=1S/C18H28O4Si/c1-18(2,3)23(5,6)22-14-13-21-16-10-8-7-9-15(16)11-12-17(19)20-4/h7-12H,13-14H2,1-6H3/b12-11+. The third-order valence-electron chi connectivity index (χ3n) is 4.13. The monoisotopic (exact) mass is 336 g/mol. The summed E-state index contributed by atoms with van der Waals surface area (Å²) in [5.41, 5.74) is 0.838. The molecule has 0 bridgehead atoms. The van der Waals surface area contributed by atoms with Crippen molar-refractivity contribution in [1.29, 1.82) is 0 Å². The molecule has 0 heterocycles. The fourth-order valence-electron chi connectivity index (χ4n) is 1.64. The summed E-state index contributed by atoms with van der Waals surface area (Å²) in [5, 5.41) is 0.189. The number of carbonyl (C=O) groups excluding carboxylic acids is 1. The Morgan fingerprint density at radius 1 is 1.17 bits per heavy atom. The minimum atomic E-state index is -1.75. The summed E-state index contributed by atoms with van der Waals surface area (Å²) in [5.74, 6) is 0.340. The van der Waals surface area contributed by atoms with Crippen LogP contribution in [0, 0.1) is 0 Å². The molecule has 0 aliphatic rings. The Hall–Kier alpha value is -1.59. The van der Waals surface area contributed by atoms with Gasteiger partial charge in [-0.15, -0.1) is 0 Å². The summed E-state index contributed by atoms with van der Waals surface area (Å²) < 4.78 is 16.5. The van der Waals surface area contributed by atoms with Gasteiger partial charge in [0.15, 0.2) is 8.32 Å². The van der Waals surface area contributed by atoms with Crippen LogP contribution in [0.1, 0.15) is 26.3 Å². The van der Waals surface area contributed by atoms with Gasteiger partial charge in [0, 0.05) is 11.6 Å². The highest BCUT2D eigenvalue weighted by Crippen LogP contribution is 2.36. The molecule has 5 heteroatoms. The van der Waals surface area contributed by atoms with Gasteiger partial charge in [-0.1, -0.05) is 39.0 Å². The van der Waals surface area contributed by atoms with Crippen molar-refractivity contribution in [1.82, 2.24) is 0 Å². The number of esters is 1. The number of hydrogen-bond donors (Lipinski definition) is 0. The number of benzene rings is 1. The molecule has 1 aromatic rings. The SMILES string of the molecule is COC(=O)/C=C/c1ccccc1OCCO[Si](C)(C)C(C)(C)C. The summed E-state index contributed by atoms with van der Waals surface area (Å²) in [7, 11) is -0.392. The van der Waals surface area contributed by atoms with E-state index in [9.17, 15) is 4.79 Å². The lowest BCUT2D eigenvalue weighted by atomic mass is 10.2. The summed E-state index contributed by atoms with van der Waals surface area (Å²) in [6, 6.07) is 7.57. The fraction of sp³-hybridized carbons (Fsp3) is 0.500. The second-order valence-corrected chi connectivity index (χ2v) is 11.7. The molecular weight excluding hydrogens is 308 g/mol. The van der Waals surface area contributed by atoms with Gasteiger partial charge in [-0.05, 0) is 30.3 Å². The normalized spacial score (nSPS) is 12.4. The van der Waals surface area contributed by atoms with Crippen molar-refractivity contribution in [2.24, 2.45) is 0 Å². The smallest absolute Gasteiger partial charge is 0.330 e. The molecular formula is C18H28O4Si. The number of methoxy groups -OCH3 is 1. The molecule has 0 unspecified atom stereocenters. The minimum absolute atomic E-state index is 0.189. The van der Waals surface area contributed by atoms with E-state index in [4.69, 9.17) is 9.16 Å². The van der Waals surface area contributed by atoms with E-state index in [-0.39, 0.29) is 11.0 Å². The molecule has 0 saturated heterocycles. The van der Waals surface area contributed by atoms with Crippen LogP contribution in [0.2, 0.25) is 18.1 Å². The molecule has 0 aliphatic heterocycles. The average Bonchev–Trinajstić information content (AvgIpc) is 2.49. The lowest BCUT2D eigenvalue weighted by Gasteiger charge is -2.36. The van der Waals surface area contributed by atoms with Crippen LogP contribution in [0.15, 0.2) is 30.3 Å². The number of carbonyl (C=O) groups is 1. The van der Waals surface area contributed by atoms with Crippen molar-refractivity contribution in [2.45, 2.75) is 38.9 Å². The van der Waals surface area contributed by atoms with Gasteiger partial charge in [-0.2, -0.15) is 0 Å². The molecule has 1 rings (SSSR count). The minimum Gasteiger partial charge on any atom is -0.491 e. The van der Waals surface area contributed by atoms with Crippen LogP contribution in [0.25, 0.3) is 6.08 Å². The van der Waals surface area contributed by atoms with Crippen LogP contribution in [0.5, 0.6) is 5.75 Å². The van der Waals surface area contributed by atoms with E-state index < -0.39 is 8.32 Å². The van der Waals surface area contributed by atoms with E-state index in [1.807, 2.05) is 24.3 Å². The molecule has 0 aliphatic carbocycles. The van der Waals surface area contributed by atoms with E-state index in [1.54, 1.807) is 6.08 Å². The molecule has 1 aromatic carbocycles. The van der Waals surface area contributed by atoms with Crippen LogP contribution < -0.4 is 4.74 Å². The first-order valence-corrected chi connectivity index (χ1v) is 10.7. The zero-order valence-electron chi connectivity index (χ0n) is 15.0.